The highest BCUT2D eigenvalue weighted by atomic mass is 16.3. The van der Waals surface area contributed by atoms with E-state index in [2.05, 4.69) is 4.98 Å². The normalized spacial score (nSPS) is 12.7. The van der Waals surface area contributed by atoms with E-state index in [0.717, 1.165) is 11.3 Å². The molecule has 2 aromatic rings. The molecule has 0 radical (unpaired) electrons. The molecule has 0 aromatic carbocycles. The van der Waals surface area contributed by atoms with Gasteiger partial charge in [-0.25, -0.2) is 0 Å². The van der Waals surface area contributed by atoms with Crippen molar-refractivity contribution in [2.75, 3.05) is 0 Å². The van der Waals surface area contributed by atoms with Crippen LogP contribution in [0.25, 0.3) is 0 Å². The molecular formula is C10H10N2O. The Labute approximate surface area is 76.2 Å². The third-order valence-corrected chi connectivity index (χ3v) is 1.89. The molecule has 0 aliphatic heterocycles. The molecule has 13 heavy (non-hydrogen) atoms. The Morgan fingerprint density at radius 1 is 1.31 bits per heavy atom. The minimum atomic E-state index is -0.219. The Kier molecular flexibility index (Phi) is 2.10. The van der Waals surface area contributed by atoms with Gasteiger partial charge in [0, 0.05) is 12.4 Å². The first kappa shape index (κ1) is 8.01. The largest absolute Gasteiger partial charge is 0.467 e. The summed E-state index contributed by atoms with van der Waals surface area (Å²) in [5, 5.41) is 0. The number of furan rings is 1. The van der Waals surface area contributed by atoms with Crippen LogP contribution in [-0.4, -0.2) is 4.98 Å². The lowest BCUT2D eigenvalue weighted by Crippen LogP contribution is -2.10. The molecule has 0 unspecified atom stereocenters. The van der Waals surface area contributed by atoms with Crippen molar-refractivity contribution in [2.24, 2.45) is 5.73 Å². The molecule has 66 valence electrons. The molecule has 0 aliphatic rings. The maximum absolute atomic E-state index is 5.93. The number of nitrogens with zero attached hydrogens (tertiary/aromatic N) is 1. The van der Waals surface area contributed by atoms with E-state index < -0.39 is 0 Å². The summed E-state index contributed by atoms with van der Waals surface area (Å²) in [6, 6.07) is 7.25. The van der Waals surface area contributed by atoms with Crippen molar-refractivity contribution in [1.82, 2.24) is 4.98 Å². The molecule has 1 atom stereocenters. The van der Waals surface area contributed by atoms with Crippen LogP contribution < -0.4 is 5.73 Å². The van der Waals surface area contributed by atoms with Gasteiger partial charge in [0.15, 0.2) is 0 Å². The molecule has 0 amide bonds. The molecule has 0 saturated carbocycles. The second-order valence-corrected chi connectivity index (χ2v) is 2.78. The van der Waals surface area contributed by atoms with Gasteiger partial charge in [-0.3, -0.25) is 4.98 Å². The average Bonchev–Trinajstić information content (AvgIpc) is 2.71. The smallest absolute Gasteiger partial charge is 0.125 e. The summed E-state index contributed by atoms with van der Waals surface area (Å²) < 4.78 is 5.20. The van der Waals surface area contributed by atoms with Crippen molar-refractivity contribution in [1.29, 1.82) is 0 Å². The van der Waals surface area contributed by atoms with E-state index in [1.807, 2.05) is 24.3 Å². The minimum Gasteiger partial charge on any atom is -0.467 e. The zero-order valence-corrected chi connectivity index (χ0v) is 7.05. The van der Waals surface area contributed by atoms with Gasteiger partial charge in [0.1, 0.15) is 5.76 Å². The number of pyridine rings is 1. The Morgan fingerprint density at radius 2 is 2.23 bits per heavy atom. The fourth-order valence-electron chi connectivity index (χ4n) is 1.19. The van der Waals surface area contributed by atoms with Gasteiger partial charge in [-0.2, -0.15) is 0 Å². The first-order valence-corrected chi connectivity index (χ1v) is 4.07. The fraction of sp³-hybridized carbons (Fsp3) is 0.100. The monoisotopic (exact) mass is 174 g/mol. The summed E-state index contributed by atoms with van der Waals surface area (Å²) in [7, 11) is 0. The number of hydrogen-bond donors (Lipinski definition) is 1. The van der Waals surface area contributed by atoms with Crippen LogP contribution in [0.5, 0.6) is 0 Å². The maximum Gasteiger partial charge on any atom is 0.125 e. The van der Waals surface area contributed by atoms with Gasteiger partial charge >= 0.3 is 0 Å². The van der Waals surface area contributed by atoms with Crippen LogP contribution in [-0.2, 0) is 0 Å². The molecule has 3 heteroatoms. The maximum atomic E-state index is 5.93. The molecule has 2 heterocycles. The van der Waals surface area contributed by atoms with Crippen LogP contribution in [0.4, 0.5) is 0 Å². The van der Waals surface area contributed by atoms with E-state index in [0.29, 0.717) is 0 Å². The van der Waals surface area contributed by atoms with Gasteiger partial charge in [-0.15, -0.1) is 0 Å². The molecular weight excluding hydrogens is 164 g/mol. The van der Waals surface area contributed by atoms with E-state index in [1.54, 1.807) is 18.7 Å². The Hall–Kier alpha value is -1.61. The van der Waals surface area contributed by atoms with Crippen LogP contribution in [0.3, 0.4) is 0 Å². The van der Waals surface area contributed by atoms with Gasteiger partial charge in [0.25, 0.3) is 0 Å². The first-order valence-electron chi connectivity index (χ1n) is 4.07. The SMILES string of the molecule is N[C@@H](c1cccnc1)c1ccco1. The van der Waals surface area contributed by atoms with Crippen LogP contribution in [0.1, 0.15) is 17.4 Å². The second-order valence-electron chi connectivity index (χ2n) is 2.78. The molecule has 0 bridgehead atoms. The van der Waals surface area contributed by atoms with Gasteiger partial charge < -0.3 is 10.2 Å². The summed E-state index contributed by atoms with van der Waals surface area (Å²) in [5.74, 6) is 0.757. The summed E-state index contributed by atoms with van der Waals surface area (Å²) >= 11 is 0. The Morgan fingerprint density at radius 3 is 2.85 bits per heavy atom. The predicted molar refractivity (Wildman–Crippen MR) is 49.0 cm³/mol. The van der Waals surface area contributed by atoms with Crippen molar-refractivity contribution in [2.45, 2.75) is 6.04 Å². The van der Waals surface area contributed by atoms with Crippen molar-refractivity contribution < 1.29 is 4.42 Å². The van der Waals surface area contributed by atoms with E-state index in [9.17, 15) is 0 Å². The average molecular weight is 174 g/mol. The number of nitrogens with two attached hydrogens (primary N) is 1. The van der Waals surface area contributed by atoms with E-state index in [1.165, 1.54) is 0 Å². The summed E-state index contributed by atoms with van der Waals surface area (Å²) in [6.45, 7) is 0. The summed E-state index contributed by atoms with van der Waals surface area (Å²) in [5.41, 5.74) is 6.88. The number of rotatable bonds is 2. The quantitative estimate of drug-likeness (QED) is 0.754. The molecule has 2 rings (SSSR count). The highest BCUT2D eigenvalue weighted by Gasteiger charge is 2.10. The molecule has 2 N–H and O–H groups in total. The second kappa shape index (κ2) is 3.41. The zero-order valence-electron chi connectivity index (χ0n) is 7.05. The first-order chi connectivity index (χ1) is 6.38. The van der Waals surface area contributed by atoms with Gasteiger partial charge in [0.2, 0.25) is 0 Å². The lowest BCUT2D eigenvalue weighted by Gasteiger charge is -2.07. The lowest BCUT2D eigenvalue weighted by atomic mass is 10.1. The van der Waals surface area contributed by atoms with Gasteiger partial charge in [0.05, 0.1) is 12.3 Å². The van der Waals surface area contributed by atoms with Gasteiger partial charge in [-0.1, -0.05) is 6.07 Å². The fourth-order valence-corrected chi connectivity index (χ4v) is 1.19. The Bertz CT molecular complexity index is 356. The van der Waals surface area contributed by atoms with Crippen LogP contribution in [0.15, 0.2) is 47.3 Å². The predicted octanol–water partition coefficient (Wildman–Crippen LogP) is 1.72. The highest BCUT2D eigenvalue weighted by Crippen LogP contribution is 2.18. The third-order valence-electron chi connectivity index (χ3n) is 1.89. The van der Waals surface area contributed by atoms with Gasteiger partial charge in [-0.05, 0) is 23.8 Å². The molecule has 0 spiro atoms. The highest BCUT2D eigenvalue weighted by molar-refractivity contribution is 5.22. The van der Waals surface area contributed by atoms with Crippen molar-refractivity contribution >= 4 is 0 Å². The standard InChI is InChI=1S/C10H10N2O/c11-10(9-4-2-6-13-9)8-3-1-5-12-7-8/h1-7,10H,11H2/t10-/m0/s1. The summed E-state index contributed by atoms with van der Waals surface area (Å²) in [6.07, 6.45) is 5.08. The van der Waals surface area contributed by atoms with E-state index in [-0.39, 0.29) is 6.04 Å². The van der Waals surface area contributed by atoms with Crippen LogP contribution in [0.2, 0.25) is 0 Å². The number of hydrogen-bond acceptors (Lipinski definition) is 3. The lowest BCUT2D eigenvalue weighted by molar-refractivity contribution is 0.489. The van der Waals surface area contributed by atoms with E-state index in [4.69, 9.17) is 10.2 Å². The number of aromatic nitrogens is 1. The Balaban J connectivity index is 2.29. The molecule has 2 aromatic heterocycles. The third kappa shape index (κ3) is 1.60. The zero-order chi connectivity index (χ0) is 9.10. The van der Waals surface area contributed by atoms with Crippen LogP contribution >= 0.6 is 0 Å². The van der Waals surface area contributed by atoms with Crippen molar-refractivity contribution in [3.05, 3.63) is 54.2 Å². The topological polar surface area (TPSA) is 52.0 Å². The summed E-state index contributed by atoms with van der Waals surface area (Å²) in [4.78, 5) is 3.99. The molecule has 0 saturated heterocycles. The molecule has 3 nitrogen and oxygen atoms in total. The van der Waals surface area contributed by atoms with Crippen LogP contribution in [0, 0.1) is 0 Å². The van der Waals surface area contributed by atoms with Crippen molar-refractivity contribution in [3.63, 3.8) is 0 Å². The minimum absolute atomic E-state index is 0.219. The molecule has 0 aliphatic carbocycles. The molecule has 0 fully saturated rings. The van der Waals surface area contributed by atoms with Crippen molar-refractivity contribution in [3.8, 4) is 0 Å². The van der Waals surface area contributed by atoms with E-state index >= 15 is 0 Å².